The molecule has 3 aliphatic heterocycles. The summed E-state index contributed by atoms with van der Waals surface area (Å²) in [6.07, 6.45) is 11.9. The summed E-state index contributed by atoms with van der Waals surface area (Å²) in [6.45, 7) is 9.92. The standard InChI is InChI=1S/C23H32N3O3S2/c1-3-24-12-16-30-21(24)7-5-6-20-26(18-10-14-28-15-11-18)19(23(27)29-20)8-9-22-25(4-2)13-17-31-22/h5-9,18H,3-4,10-17H2,1-2H3/q+1. The molecule has 31 heavy (non-hydrogen) atoms. The minimum absolute atomic E-state index is 0.212. The van der Waals surface area contributed by atoms with Gasteiger partial charge >= 0.3 is 5.63 Å². The number of rotatable bonds is 6. The van der Waals surface area contributed by atoms with Crippen molar-refractivity contribution in [1.29, 1.82) is 0 Å². The van der Waals surface area contributed by atoms with Crippen molar-refractivity contribution in [1.82, 2.24) is 9.47 Å². The quantitative estimate of drug-likeness (QED) is 0.603. The highest BCUT2D eigenvalue weighted by Gasteiger charge is 2.21. The van der Waals surface area contributed by atoms with Crippen LogP contribution < -0.4 is 16.5 Å². The van der Waals surface area contributed by atoms with Crippen molar-refractivity contribution >= 4 is 40.7 Å². The average Bonchev–Trinajstić information content (AvgIpc) is 3.51. The smallest absolute Gasteiger partial charge is 0.361 e. The van der Waals surface area contributed by atoms with Crippen molar-refractivity contribution in [2.75, 3.05) is 50.9 Å². The van der Waals surface area contributed by atoms with Crippen LogP contribution in [0.1, 0.15) is 32.7 Å². The maximum Gasteiger partial charge on any atom is 0.361 e. The van der Waals surface area contributed by atoms with Gasteiger partial charge in [0.1, 0.15) is 11.9 Å². The molecule has 0 radical (unpaired) electrons. The third-order valence-electron chi connectivity index (χ3n) is 5.93. The molecule has 6 nitrogen and oxygen atoms in total. The van der Waals surface area contributed by atoms with Crippen LogP contribution in [0, 0.1) is 0 Å². The topological polar surface area (TPSA) is 50.6 Å². The number of thioether (sulfide) groups is 2. The molecule has 0 N–H and O–H groups in total. The van der Waals surface area contributed by atoms with Crippen LogP contribution in [0.5, 0.6) is 0 Å². The zero-order valence-electron chi connectivity index (χ0n) is 18.4. The number of nitrogens with zero attached hydrogens (tertiary/aromatic N) is 3. The minimum Gasteiger partial charge on any atom is -0.405 e. The fourth-order valence-corrected chi connectivity index (χ4v) is 6.40. The van der Waals surface area contributed by atoms with Crippen molar-refractivity contribution in [2.24, 2.45) is 0 Å². The number of hydrogen-bond donors (Lipinski definition) is 0. The molecular weight excluding hydrogens is 430 g/mol. The molecule has 4 rings (SSSR count). The Balaban J connectivity index is 1.74. The molecular formula is C23H32N3O3S2+. The number of aromatic nitrogens is 1. The number of allylic oxidation sites excluding steroid dienone is 2. The normalized spacial score (nSPS) is 23.4. The maximum atomic E-state index is 12.8. The molecule has 2 saturated heterocycles. The highest BCUT2D eigenvalue weighted by Crippen LogP contribution is 2.27. The van der Waals surface area contributed by atoms with Gasteiger partial charge in [-0.1, -0.05) is 11.8 Å². The van der Waals surface area contributed by atoms with Gasteiger partial charge in [-0.25, -0.2) is 9.37 Å². The molecule has 0 spiro atoms. The molecule has 0 aliphatic carbocycles. The van der Waals surface area contributed by atoms with Crippen LogP contribution in [0.25, 0.3) is 12.2 Å². The second-order valence-corrected chi connectivity index (χ2v) is 9.95. The van der Waals surface area contributed by atoms with Crippen LogP contribution in [-0.2, 0) is 4.74 Å². The summed E-state index contributed by atoms with van der Waals surface area (Å²) in [5.74, 6) is 2.22. The molecule has 1 aromatic rings. The van der Waals surface area contributed by atoms with Crippen LogP contribution in [0.2, 0.25) is 0 Å². The number of ether oxygens (including phenoxy) is 1. The lowest BCUT2D eigenvalue weighted by atomic mass is 10.1. The van der Waals surface area contributed by atoms with Gasteiger partial charge in [0, 0.05) is 44.2 Å². The SMILES string of the molecule is CCN1CCSC1=CC=c1c(=O)oc(=CC=CC2=[N+](CC)CCS2)n1C1CCOCC1. The molecule has 0 atom stereocenters. The van der Waals surface area contributed by atoms with Gasteiger partial charge in [-0.3, -0.25) is 0 Å². The van der Waals surface area contributed by atoms with E-state index in [0.29, 0.717) is 24.1 Å². The van der Waals surface area contributed by atoms with Crippen LogP contribution in [0.4, 0.5) is 0 Å². The first-order chi connectivity index (χ1) is 15.2. The summed E-state index contributed by atoms with van der Waals surface area (Å²) in [6, 6.07) is 0.212. The Hall–Kier alpha value is -1.64. The van der Waals surface area contributed by atoms with Crippen molar-refractivity contribution in [3.8, 4) is 0 Å². The van der Waals surface area contributed by atoms with Gasteiger partial charge in [0.2, 0.25) is 10.6 Å². The van der Waals surface area contributed by atoms with Crippen LogP contribution in [-0.4, -0.2) is 70.0 Å². The molecule has 3 aliphatic rings. The lowest BCUT2D eigenvalue weighted by molar-refractivity contribution is -0.513. The summed E-state index contributed by atoms with van der Waals surface area (Å²) >= 11 is 3.72. The lowest BCUT2D eigenvalue weighted by Crippen LogP contribution is -2.37. The van der Waals surface area contributed by atoms with E-state index in [0.717, 1.165) is 50.5 Å². The summed E-state index contributed by atoms with van der Waals surface area (Å²) in [7, 11) is 0. The zero-order valence-corrected chi connectivity index (χ0v) is 20.1. The van der Waals surface area contributed by atoms with E-state index < -0.39 is 0 Å². The first-order valence-corrected chi connectivity index (χ1v) is 13.2. The first-order valence-electron chi connectivity index (χ1n) is 11.2. The highest BCUT2D eigenvalue weighted by atomic mass is 32.2. The molecule has 0 saturated carbocycles. The minimum atomic E-state index is -0.271. The Morgan fingerprint density at radius 1 is 1.13 bits per heavy atom. The van der Waals surface area contributed by atoms with E-state index in [4.69, 9.17) is 9.15 Å². The van der Waals surface area contributed by atoms with Gasteiger partial charge < -0.3 is 18.6 Å². The molecule has 2 fully saturated rings. The van der Waals surface area contributed by atoms with E-state index in [1.165, 1.54) is 10.1 Å². The average molecular weight is 463 g/mol. The van der Waals surface area contributed by atoms with E-state index in [-0.39, 0.29) is 11.7 Å². The van der Waals surface area contributed by atoms with Crippen LogP contribution in [0.15, 0.2) is 32.5 Å². The fraction of sp³-hybridized carbons (Fsp3) is 0.565. The van der Waals surface area contributed by atoms with Gasteiger partial charge in [-0.15, -0.1) is 11.8 Å². The molecule has 168 valence electrons. The Kier molecular flexibility index (Phi) is 7.85. The second-order valence-electron chi connectivity index (χ2n) is 7.72. The largest absolute Gasteiger partial charge is 0.405 e. The zero-order chi connectivity index (χ0) is 21.6. The fourth-order valence-electron chi connectivity index (χ4n) is 4.22. The van der Waals surface area contributed by atoms with Crippen molar-refractivity contribution in [2.45, 2.75) is 32.7 Å². The van der Waals surface area contributed by atoms with Crippen molar-refractivity contribution in [3.05, 3.63) is 44.6 Å². The van der Waals surface area contributed by atoms with E-state index >= 15 is 0 Å². The van der Waals surface area contributed by atoms with Crippen LogP contribution >= 0.6 is 23.5 Å². The van der Waals surface area contributed by atoms with Gasteiger partial charge in [0.25, 0.3) is 0 Å². The summed E-state index contributed by atoms with van der Waals surface area (Å²) in [5.41, 5.74) is 0.350. The van der Waals surface area contributed by atoms with Crippen molar-refractivity contribution < 1.29 is 13.7 Å². The second kappa shape index (κ2) is 10.8. The molecule has 0 aromatic carbocycles. The predicted octanol–water partition coefficient (Wildman–Crippen LogP) is 2.00. The maximum absolute atomic E-state index is 12.8. The van der Waals surface area contributed by atoms with Crippen molar-refractivity contribution in [3.63, 3.8) is 0 Å². The van der Waals surface area contributed by atoms with Gasteiger partial charge in [-0.2, -0.15) is 0 Å². The van der Waals surface area contributed by atoms with E-state index in [9.17, 15) is 4.79 Å². The lowest BCUT2D eigenvalue weighted by Gasteiger charge is -2.23. The molecule has 4 heterocycles. The molecule has 1 aromatic heterocycles. The number of oxazole rings is 1. The molecule has 0 unspecified atom stereocenters. The van der Waals surface area contributed by atoms with E-state index in [1.54, 1.807) is 0 Å². The Morgan fingerprint density at radius 2 is 1.97 bits per heavy atom. The Labute approximate surface area is 192 Å². The predicted molar refractivity (Wildman–Crippen MR) is 130 cm³/mol. The summed E-state index contributed by atoms with van der Waals surface area (Å²) < 4.78 is 15.8. The monoisotopic (exact) mass is 462 g/mol. The molecule has 0 amide bonds. The van der Waals surface area contributed by atoms with Gasteiger partial charge in [-0.05, 0) is 51.0 Å². The highest BCUT2D eigenvalue weighted by molar-refractivity contribution is 8.14. The van der Waals surface area contributed by atoms with Crippen LogP contribution in [0.3, 0.4) is 0 Å². The number of hydrogen-bond acceptors (Lipinski definition) is 6. The summed E-state index contributed by atoms with van der Waals surface area (Å²) in [4.78, 5) is 15.2. The molecule has 8 heteroatoms. The Morgan fingerprint density at radius 3 is 2.74 bits per heavy atom. The molecule has 0 bridgehead atoms. The van der Waals surface area contributed by atoms with E-state index in [1.807, 2.05) is 41.8 Å². The van der Waals surface area contributed by atoms with Gasteiger partial charge in [0.15, 0.2) is 6.54 Å². The third kappa shape index (κ3) is 5.23. The third-order valence-corrected chi connectivity index (χ3v) is 8.08. The van der Waals surface area contributed by atoms with Gasteiger partial charge in [0.05, 0.1) is 10.8 Å². The summed E-state index contributed by atoms with van der Waals surface area (Å²) in [5, 5.41) is 3.13. The Bertz CT molecular complexity index is 1050. The first kappa shape index (κ1) is 22.6. The van der Waals surface area contributed by atoms with E-state index in [2.05, 4.69) is 40.0 Å².